The van der Waals surface area contributed by atoms with E-state index in [1.54, 1.807) is 54.6 Å². The zero-order chi connectivity index (χ0) is 26.8. The largest absolute Gasteiger partial charge is 0.493 e. The Bertz CT molecular complexity index is 1280. The van der Waals surface area contributed by atoms with E-state index in [9.17, 15) is 9.59 Å². The van der Waals surface area contributed by atoms with Crippen molar-refractivity contribution in [3.63, 3.8) is 0 Å². The molecule has 0 heterocycles. The predicted molar refractivity (Wildman–Crippen MR) is 151 cm³/mol. The number of rotatable bonds is 11. The van der Waals surface area contributed by atoms with E-state index in [0.29, 0.717) is 55.0 Å². The zero-order valence-corrected chi connectivity index (χ0v) is 23.3. The van der Waals surface area contributed by atoms with Crippen molar-refractivity contribution in [2.75, 3.05) is 32.8 Å². The summed E-state index contributed by atoms with van der Waals surface area (Å²) in [5, 5.41) is 7.35. The number of amides is 2. The van der Waals surface area contributed by atoms with Gasteiger partial charge < -0.3 is 24.3 Å². The van der Waals surface area contributed by atoms with Crippen molar-refractivity contribution in [3.05, 3.63) is 74.3 Å². The van der Waals surface area contributed by atoms with Gasteiger partial charge in [-0.2, -0.15) is 5.10 Å². The number of carbonyl (C=O) groups is 2. The molecule has 0 spiro atoms. The number of carbonyl (C=O) groups excluding carboxylic acids is 2. The second-order valence-corrected chi connectivity index (χ2v) is 8.97. The molecular weight excluding hydrogens is 613 g/mol. The fourth-order valence-electron chi connectivity index (χ4n) is 3.14. The molecule has 0 bridgehead atoms. The van der Waals surface area contributed by atoms with Crippen LogP contribution in [0.2, 0.25) is 5.02 Å². The lowest BCUT2D eigenvalue weighted by molar-refractivity contribution is -0.118. The third kappa shape index (κ3) is 7.99. The topological polar surface area (TPSA) is 107 Å². The summed E-state index contributed by atoms with van der Waals surface area (Å²) in [6, 6.07) is 15.1. The van der Waals surface area contributed by atoms with Crippen LogP contribution in [0.1, 0.15) is 22.8 Å². The average molecular weight is 638 g/mol. The van der Waals surface area contributed by atoms with Gasteiger partial charge in [0.2, 0.25) is 0 Å². The summed E-state index contributed by atoms with van der Waals surface area (Å²) in [4.78, 5) is 24.8. The molecule has 2 N–H and O–H groups in total. The van der Waals surface area contributed by atoms with Crippen molar-refractivity contribution in [1.29, 1.82) is 0 Å². The Balaban J connectivity index is 1.63. The van der Waals surface area contributed by atoms with E-state index in [4.69, 9.17) is 30.5 Å². The molecule has 194 valence electrons. The smallest absolute Gasteiger partial charge is 0.271 e. The van der Waals surface area contributed by atoms with E-state index in [2.05, 4.69) is 38.4 Å². The fourth-order valence-corrected chi connectivity index (χ4v) is 4.04. The first-order valence-electron chi connectivity index (χ1n) is 11.0. The molecule has 37 heavy (non-hydrogen) atoms. The van der Waals surface area contributed by atoms with E-state index in [-0.39, 0.29) is 12.5 Å². The molecule has 0 aliphatic carbocycles. The predicted octanol–water partition coefficient (Wildman–Crippen LogP) is 5.14. The van der Waals surface area contributed by atoms with Gasteiger partial charge in [0.15, 0.2) is 29.6 Å². The number of methoxy groups -OCH3 is 2. The molecule has 0 radical (unpaired) electrons. The Morgan fingerprint density at radius 2 is 1.70 bits per heavy atom. The number of hydrogen-bond acceptors (Lipinski definition) is 7. The monoisotopic (exact) mass is 637 g/mol. The highest BCUT2D eigenvalue weighted by molar-refractivity contribution is 14.1. The van der Waals surface area contributed by atoms with Crippen LogP contribution in [0, 0.1) is 3.57 Å². The lowest BCUT2D eigenvalue weighted by atomic mass is 10.2. The maximum absolute atomic E-state index is 12.5. The summed E-state index contributed by atoms with van der Waals surface area (Å²) < 4.78 is 22.6. The van der Waals surface area contributed by atoms with Gasteiger partial charge in [0.25, 0.3) is 11.8 Å². The molecular formula is C26H25ClIN3O6. The minimum Gasteiger partial charge on any atom is -0.493 e. The van der Waals surface area contributed by atoms with Crippen molar-refractivity contribution in [1.82, 2.24) is 5.43 Å². The van der Waals surface area contributed by atoms with Crippen LogP contribution >= 0.6 is 34.2 Å². The highest BCUT2D eigenvalue weighted by Crippen LogP contribution is 2.33. The molecule has 3 aromatic rings. The Kier molecular flexibility index (Phi) is 10.4. The van der Waals surface area contributed by atoms with E-state index in [1.165, 1.54) is 20.4 Å². The molecule has 11 heteroatoms. The van der Waals surface area contributed by atoms with Gasteiger partial charge in [0, 0.05) is 16.3 Å². The van der Waals surface area contributed by atoms with Crippen molar-refractivity contribution >= 4 is 57.9 Å². The Morgan fingerprint density at radius 3 is 2.38 bits per heavy atom. The summed E-state index contributed by atoms with van der Waals surface area (Å²) in [5.41, 5.74) is 4.12. The number of nitrogens with one attached hydrogen (secondary N) is 2. The first-order valence-corrected chi connectivity index (χ1v) is 12.5. The number of anilines is 1. The molecule has 0 saturated heterocycles. The second kappa shape index (κ2) is 13.7. The van der Waals surface area contributed by atoms with Crippen molar-refractivity contribution in [2.45, 2.75) is 6.92 Å². The number of nitrogens with zero attached hydrogens (tertiary/aromatic N) is 1. The van der Waals surface area contributed by atoms with E-state index in [0.717, 1.165) is 0 Å². The average Bonchev–Trinajstić information content (AvgIpc) is 2.89. The maximum Gasteiger partial charge on any atom is 0.271 e. The van der Waals surface area contributed by atoms with E-state index in [1.807, 2.05) is 6.92 Å². The summed E-state index contributed by atoms with van der Waals surface area (Å²) in [7, 11) is 3.00. The second-order valence-electron chi connectivity index (χ2n) is 7.38. The SMILES string of the molecule is CCOc1ccc(C(=O)N/N=C/c2cc(I)c(OCC(=O)Nc3ccc(Cl)cc3)c(OC)c2)cc1OC. The Morgan fingerprint density at radius 1 is 0.973 bits per heavy atom. The van der Waals surface area contributed by atoms with Crippen LogP contribution in [0.15, 0.2) is 59.7 Å². The summed E-state index contributed by atoms with van der Waals surface area (Å²) in [6.07, 6.45) is 1.48. The molecule has 0 unspecified atom stereocenters. The van der Waals surface area contributed by atoms with E-state index >= 15 is 0 Å². The number of hydrogen-bond donors (Lipinski definition) is 2. The number of ether oxygens (including phenoxy) is 4. The highest BCUT2D eigenvalue weighted by atomic mass is 127. The summed E-state index contributed by atoms with van der Waals surface area (Å²) >= 11 is 7.94. The van der Waals surface area contributed by atoms with Gasteiger partial charge in [-0.3, -0.25) is 9.59 Å². The summed E-state index contributed by atoms with van der Waals surface area (Å²) in [6.45, 7) is 2.13. The zero-order valence-electron chi connectivity index (χ0n) is 20.3. The van der Waals surface area contributed by atoms with Gasteiger partial charge in [-0.25, -0.2) is 5.43 Å². The van der Waals surface area contributed by atoms with Gasteiger partial charge >= 0.3 is 0 Å². The fraction of sp³-hybridized carbons (Fsp3) is 0.192. The lowest BCUT2D eigenvalue weighted by Gasteiger charge is -2.13. The molecule has 3 aromatic carbocycles. The van der Waals surface area contributed by atoms with Crippen LogP contribution in [0.4, 0.5) is 5.69 Å². The molecule has 0 saturated carbocycles. The standard InChI is InChI=1S/C26H25ClIN3O6/c1-4-36-21-10-5-17(13-22(21)34-2)26(33)31-29-14-16-11-20(28)25(23(12-16)35-3)37-15-24(32)30-19-8-6-18(27)7-9-19/h5-14H,4,15H2,1-3H3,(H,30,32)(H,31,33)/b29-14+. The van der Waals surface area contributed by atoms with Crippen LogP contribution in [-0.4, -0.2) is 45.5 Å². The minimum absolute atomic E-state index is 0.218. The van der Waals surface area contributed by atoms with Gasteiger partial charge in [-0.1, -0.05) is 11.6 Å². The molecule has 9 nitrogen and oxygen atoms in total. The summed E-state index contributed by atoms with van der Waals surface area (Å²) in [5.74, 6) is 1.09. The minimum atomic E-state index is -0.411. The Labute approximate surface area is 233 Å². The third-order valence-corrected chi connectivity index (χ3v) is 5.89. The van der Waals surface area contributed by atoms with Crippen molar-refractivity contribution < 1.29 is 28.5 Å². The number of hydrazone groups is 1. The molecule has 2 amide bonds. The van der Waals surface area contributed by atoms with E-state index < -0.39 is 5.91 Å². The lowest BCUT2D eigenvalue weighted by Crippen LogP contribution is -2.20. The quantitative estimate of drug-likeness (QED) is 0.171. The molecule has 3 rings (SSSR count). The van der Waals surface area contributed by atoms with Crippen molar-refractivity contribution in [2.24, 2.45) is 5.10 Å². The normalized spacial score (nSPS) is 10.6. The molecule has 0 aromatic heterocycles. The Hall–Kier alpha value is -3.51. The maximum atomic E-state index is 12.5. The molecule has 0 aliphatic heterocycles. The first kappa shape index (κ1) is 28.1. The van der Waals surface area contributed by atoms with Gasteiger partial charge in [0.05, 0.1) is 30.6 Å². The van der Waals surface area contributed by atoms with Gasteiger partial charge in [-0.05, 0) is 89.7 Å². The van der Waals surface area contributed by atoms with Crippen molar-refractivity contribution in [3.8, 4) is 23.0 Å². The van der Waals surface area contributed by atoms with Gasteiger partial charge in [-0.15, -0.1) is 0 Å². The molecule has 0 atom stereocenters. The van der Waals surface area contributed by atoms with Crippen LogP contribution in [-0.2, 0) is 4.79 Å². The third-order valence-electron chi connectivity index (χ3n) is 4.83. The van der Waals surface area contributed by atoms with Crippen LogP contribution in [0.25, 0.3) is 0 Å². The number of benzene rings is 3. The first-order chi connectivity index (χ1) is 17.8. The highest BCUT2D eigenvalue weighted by Gasteiger charge is 2.14. The van der Waals surface area contributed by atoms with Crippen LogP contribution < -0.4 is 29.7 Å². The van der Waals surface area contributed by atoms with Crippen LogP contribution in [0.5, 0.6) is 23.0 Å². The number of halogens is 2. The van der Waals surface area contributed by atoms with Crippen LogP contribution in [0.3, 0.4) is 0 Å². The molecule has 0 fully saturated rings. The van der Waals surface area contributed by atoms with Gasteiger partial charge in [0.1, 0.15) is 0 Å². The molecule has 0 aliphatic rings.